The average molecular weight is 381 g/mol. The minimum absolute atomic E-state index is 0.200. The molecule has 0 aliphatic rings. The molecule has 0 unspecified atom stereocenters. The fraction of sp³-hybridized carbons (Fsp3) is 0.188. The van der Waals surface area contributed by atoms with E-state index in [2.05, 4.69) is 4.99 Å². The molecule has 1 aromatic carbocycles. The largest absolute Gasteiger partial charge is 0.469 e. The summed E-state index contributed by atoms with van der Waals surface area (Å²) in [6.07, 6.45) is 0.200. The number of rotatable bonds is 4. The van der Waals surface area contributed by atoms with Crippen LogP contribution in [0.3, 0.4) is 0 Å². The fourth-order valence-corrected chi connectivity index (χ4v) is 4.13. The molecule has 3 rings (SSSR count). The number of carbonyl (C=O) groups excluding carboxylic acids is 2. The third kappa shape index (κ3) is 3.58. The number of fused-ring (bicyclic) bond motifs is 1. The molecule has 0 bridgehead atoms. The van der Waals surface area contributed by atoms with Gasteiger partial charge in [0.05, 0.1) is 28.6 Å². The maximum atomic E-state index is 12.3. The molecular formula is C16H13ClN2O3S2. The summed E-state index contributed by atoms with van der Waals surface area (Å²) in [4.78, 5) is 29.1. The molecule has 8 heteroatoms. The summed E-state index contributed by atoms with van der Waals surface area (Å²) in [7, 11) is 1.35. The lowest BCUT2D eigenvalue weighted by molar-refractivity contribution is -0.140. The van der Waals surface area contributed by atoms with Gasteiger partial charge in [-0.2, -0.15) is 4.99 Å². The molecule has 0 atom stereocenters. The summed E-state index contributed by atoms with van der Waals surface area (Å²) in [5.41, 5.74) is 0.881. The van der Waals surface area contributed by atoms with Gasteiger partial charge < -0.3 is 9.30 Å². The average Bonchev–Trinajstić information content (AvgIpc) is 3.20. The molecule has 124 valence electrons. The van der Waals surface area contributed by atoms with Crippen molar-refractivity contribution in [1.29, 1.82) is 0 Å². The standard InChI is InChI=1S/C16H13ClN2O3S2/c1-22-14(20)6-7-19-11-5-4-10(17)9-13(11)24-16(19)18-15(21)12-3-2-8-23-12/h2-5,8-9H,6-7H2,1H3. The van der Waals surface area contributed by atoms with E-state index in [1.54, 1.807) is 12.1 Å². The molecule has 0 spiro atoms. The van der Waals surface area contributed by atoms with Crippen LogP contribution >= 0.6 is 34.3 Å². The second kappa shape index (κ2) is 7.29. The summed E-state index contributed by atoms with van der Waals surface area (Å²) < 4.78 is 7.45. The van der Waals surface area contributed by atoms with Gasteiger partial charge in [-0.1, -0.05) is 29.0 Å². The van der Waals surface area contributed by atoms with Crippen molar-refractivity contribution in [3.8, 4) is 0 Å². The lowest BCUT2D eigenvalue weighted by Crippen LogP contribution is -2.19. The van der Waals surface area contributed by atoms with Crippen molar-refractivity contribution >= 4 is 56.4 Å². The summed E-state index contributed by atoms with van der Waals surface area (Å²) in [6, 6.07) is 9.00. The molecular weight excluding hydrogens is 368 g/mol. The Morgan fingerprint density at radius 2 is 2.17 bits per heavy atom. The number of esters is 1. The van der Waals surface area contributed by atoms with Crippen LogP contribution < -0.4 is 4.80 Å². The maximum Gasteiger partial charge on any atom is 0.307 e. The Balaban J connectivity index is 2.07. The summed E-state index contributed by atoms with van der Waals surface area (Å²) in [5.74, 6) is -0.610. The summed E-state index contributed by atoms with van der Waals surface area (Å²) in [5, 5.41) is 2.44. The van der Waals surface area contributed by atoms with Gasteiger partial charge >= 0.3 is 5.97 Å². The molecule has 0 radical (unpaired) electrons. The fourth-order valence-electron chi connectivity index (χ4n) is 2.20. The van der Waals surface area contributed by atoms with E-state index in [0.717, 1.165) is 10.2 Å². The van der Waals surface area contributed by atoms with E-state index < -0.39 is 0 Å². The van der Waals surface area contributed by atoms with Gasteiger partial charge in [0.25, 0.3) is 5.91 Å². The number of ether oxygens (including phenoxy) is 1. The third-order valence-electron chi connectivity index (χ3n) is 3.34. The summed E-state index contributed by atoms with van der Waals surface area (Å²) >= 11 is 8.76. The van der Waals surface area contributed by atoms with Crippen LogP contribution in [-0.2, 0) is 16.1 Å². The minimum Gasteiger partial charge on any atom is -0.469 e. The molecule has 0 saturated heterocycles. The lowest BCUT2D eigenvalue weighted by atomic mass is 10.3. The Labute approximate surface area is 150 Å². The number of carbonyl (C=O) groups is 2. The number of amides is 1. The predicted octanol–water partition coefficient (Wildman–Crippen LogP) is 3.72. The van der Waals surface area contributed by atoms with Gasteiger partial charge in [0.15, 0.2) is 4.80 Å². The number of aryl methyl sites for hydroxylation is 1. The highest BCUT2D eigenvalue weighted by molar-refractivity contribution is 7.16. The molecule has 0 aliphatic carbocycles. The van der Waals surface area contributed by atoms with E-state index >= 15 is 0 Å². The smallest absolute Gasteiger partial charge is 0.307 e. The third-order valence-corrected chi connectivity index (χ3v) is 5.48. The van der Waals surface area contributed by atoms with Crippen LogP contribution in [0.25, 0.3) is 10.2 Å². The topological polar surface area (TPSA) is 60.7 Å². The van der Waals surface area contributed by atoms with Crippen molar-refractivity contribution in [2.75, 3.05) is 7.11 Å². The Morgan fingerprint density at radius 1 is 1.33 bits per heavy atom. The highest BCUT2D eigenvalue weighted by Gasteiger charge is 2.11. The molecule has 24 heavy (non-hydrogen) atoms. The lowest BCUT2D eigenvalue weighted by Gasteiger charge is -2.04. The highest BCUT2D eigenvalue weighted by atomic mass is 35.5. The first-order valence-electron chi connectivity index (χ1n) is 7.07. The Bertz CT molecular complexity index is 958. The second-order valence-corrected chi connectivity index (χ2v) is 7.26. The number of benzene rings is 1. The molecule has 0 N–H and O–H groups in total. The molecule has 5 nitrogen and oxygen atoms in total. The van der Waals surface area contributed by atoms with Crippen LogP contribution in [0.4, 0.5) is 0 Å². The predicted molar refractivity (Wildman–Crippen MR) is 95.7 cm³/mol. The second-order valence-electron chi connectivity index (χ2n) is 4.87. The minimum atomic E-state index is -0.314. The van der Waals surface area contributed by atoms with Gasteiger partial charge in [-0.25, -0.2) is 0 Å². The number of hydrogen-bond donors (Lipinski definition) is 0. The zero-order valence-corrected chi connectivity index (χ0v) is 15.1. The van der Waals surface area contributed by atoms with Crippen LogP contribution in [0.5, 0.6) is 0 Å². The highest BCUT2D eigenvalue weighted by Crippen LogP contribution is 2.22. The number of hydrogen-bond acceptors (Lipinski definition) is 5. The van der Waals surface area contributed by atoms with Crippen molar-refractivity contribution in [1.82, 2.24) is 4.57 Å². The normalized spacial score (nSPS) is 11.8. The monoisotopic (exact) mass is 380 g/mol. The van der Waals surface area contributed by atoms with Crippen LogP contribution in [-0.4, -0.2) is 23.6 Å². The first kappa shape index (κ1) is 16.9. The van der Waals surface area contributed by atoms with Gasteiger partial charge in [-0.3, -0.25) is 9.59 Å². The van der Waals surface area contributed by atoms with Crippen molar-refractivity contribution in [2.24, 2.45) is 4.99 Å². The van der Waals surface area contributed by atoms with E-state index in [-0.39, 0.29) is 18.3 Å². The maximum absolute atomic E-state index is 12.3. The van der Waals surface area contributed by atoms with Crippen LogP contribution in [0.1, 0.15) is 16.1 Å². The van der Waals surface area contributed by atoms with Crippen LogP contribution in [0.15, 0.2) is 40.7 Å². The number of nitrogens with zero attached hydrogens (tertiary/aromatic N) is 2. The van der Waals surface area contributed by atoms with Gasteiger partial charge in [0.2, 0.25) is 0 Å². The van der Waals surface area contributed by atoms with Crippen molar-refractivity contribution in [3.63, 3.8) is 0 Å². The zero-order chi connectivity index (χ0) is 17.1. The zero-order valence-electron chi connectivity index (χ0n) is 12.7. The van der Waals surface area contributed by atoms with Crippen LogP contribution in [0.2, 0.25) is 5.02 Å². The van der Waals surface area contributed by atoms with E-state index in [0.29, 0.717) is 21.2 Å². The Morgan fingerprint density at radius 3 is 2.88 bits per heavy atom. The van der Waals surface area contributed by atoms with Crippen LogP contribution in [0, 0.1) is 0 Å². The SMILES string of the molecule is COC(=O)CCn1c(=NC(=O)c2cccs2)sc2cc(Cl)ccc21. The number of methoxy groups -OCH3 is 1. The molecule has 0 aliphatic heterocycles. The number of aromatic nitrogens is 1. The van der Waals surface area contributed by atoms with Crippen molar-refractivity contribution in [3.05, 3.63) is 50.4 Å². The molecule has 0 fully saturated rings. The molecule has 2 heterocycles. The van der Waals surface area contributed by atoms with E-state index in [4.69, 9.17) is 16.3 Å². The first-order chi connectivity index (χ1) is 11.6. The quantitative estimate of drug-likeness (QED) is 0.648. The first-order valence-corrected chi connectivity index (χ1v) is 9.14. The van der Waals surface area contributed by atoms with Crippen molar-refractivity contribution in [2.45, 2.75) is 13.0 Å². The van der Waals surface area contributed by atoms with Gasteiger partial charge in [-0.15, -0.1) is 11.3 Å². The summed E-state index contributed by atoms with van der Waals surface area (Å²) in [6.45, 7) is 0.380. The molecule has 3 aromatic rings. The van der Waals surface area contributed by atoms with Gasteiger partial charge in [0.1, 0.15) is 0 Å². The van der Waals surface area contributed by atoms with Gasteiger partial charge in [0, 0.05) is 11.6 Å². The van der Waals surface area contributed by atoms with Gasteiger partial charge in [-0.05, 0) is 29.6 Å². The van der Waals surface area contributed by atoms with E-state index in [1.807, 2.05) is 28.1 Å². The number of halogens is 1. The number of thiazole rings is 1. The Hall–Kier alpha value is -1.96. The molecule has 1 amide bonds. The Kier molecular flexibility index (Phi) is 5.13. The van der Waals surface area contributed by atoms with E-state index in [1.165, 1.54) is 29.8 Å². The number of thiophene rings is 1. The van der Waals surface area contributed by atoms with Crippen molar-refractivity contribution < 1.29 is 14.3 Å². The molecule has 2 aromatic heterocycles. The van der Waals surface area contributed by atoms with E-state index in [9.17, 15) is 9.59 Å². The molecule has 0 saturated carbocycles.